The van der Waals surface area contributed by atoms with E-state index in [4.69, 9.17) is 13.9 Å². The van der Waals surface area contributed by atoms with Crippen molar-refractivity contribution in [1.29, 1.82) is 0 Å². The summed E-state index contributed by atoms with van der Waals surface area (Å²) in [5.41, 5.74) is 1.06. The van der Waals surface area contributed by atoms with Crippen molar-refractivity contribution in [3.8, 4) is 5.75 Å². The molecule has 0 aromatic heterocycles. The van der Waals surface area contributed by atoms with Crippen LogP contribution in [0.2, 0.25) is 18.1 Å². The van der Waals surface area contributed by atoms with Crippen LogP contribution in [0.4, 0.5) is 0 Å². The minimum absolute atomic E-state index is 0.141. The predicted molar refractivity (Wildman–Crippen MR) is 109 cm³/mol. The molecule has 3 atom stereocenters. The van der Waals surface area contributed by atoms with Gasteiger partial charge in [0.15, 0.2) is 8.32 Å². The molecular weight excluding hydrogens is 344 g/mol. The van der Waals surface area contributed by atoms with Crippen molar-refractivity contribution in [2.24, 2.45) is 11.8 Å². The Morgan fingerprint density at radius 1 is 1.12 bits per heavy atom. The quantitative estimate of drug-likeness (QED) is 0.420. The second-order valence-corrected chi connectivity index (χ2v) is 13.5. The van der Waals surface area contributed by atoms with Gasteiger partial charge in [0, 0.05) is 18.4 Å². The average molecular weight is 381 g/mol. The Kier molecular flexibility index (Phi) is 8.51. The molecule has 0 saturated carbocycles. The molecule has 0 bridgehead atoms. The van der Waals surface area contributed by atoms with Crippen molar-refractivity contribution in [2.45, 2.75) is 65.5 Å². The van der Waals surface area contributed by atoms with Crippen LogP contribution in [0.1, 0.15) is 40.2 Å². The lowest BCUT2D eigenvalue weighted by atomic mass is 9.95. The SMILES string of the molecule is COc1ccc(CO[C@H]([C@H](C)C=O)[C@@H](C)CO[Si](C)(C)C(C)(C)C)cc1. The van der Waals surface area contributed by atoms with Crippen LogP contribution in [0.15, 0.2) is 24.3 Å². The van der Waals surface area contributed by atoms with Gasteiger partial charge in [-0.3, -0.25) is 0 Å². The maximum Gasteiger partial charge on any atom is 0.191 e. The fourth-order valence-corrected chi connectivity index (χ4v) is 3.59. The largest absolute Gasteiger partial charge is 0.497 e. The monoisotopic (exact) mass is 380 g/mol. The van der Waals surface area contributed by atoms with Crippen LogP contribution < -0.4 is 4.74 Å². The second kappa shape index (κ2) is 9.67. The molecule has 0 heterocycles. The summed E-state index contributed by atoms with van der Waals surface area (Å²) in [6.45, 7) is 16.3. The molecule has 1 aromatic rings. The number of carbonyl (C=O) groups excluding carboxylic acids is 1. The smallest absolute Gasteiger partial charge is 0.191 e. The van der Waals surface area contributed by atoms with Crippen LogP contribution in [0.3, 0.4) is 0 Å². The molecule has 148 valence electrons. The van der Waals surface area contributed by atoms with Gasteiger partial charge in [-0.25, -0.2) is 0 Å². The number of benzene rings is 1. The first kappa shape index (κ1) is 22.9. The number of hydrogen-bond donors (Lipinski definition) is 0. The summed E-state index contributed by atoms with van der Waals surface area (Å²) in [5, 5.41) is 0.169. The number of rotatable bonds is 10. The Bertz CT molecular complexity index is 548. The van der Waals surface area contributed by atoms with Crippen LogP contribution in [0.25, 0.3) is 0 Å². The molecule has 0 aliphatic carbocycles. The molecule has 1 rings (SSSR count). The van der Waals surface area contributed by atoms with E-state index >= 15 is 0 Å². The number of hydrogen-bond acceptors (Lipinski definition) is 4. The highest BCUT2D eigenvalue weighted by atomic mass is 28.4. The maximum absolute atomic E-state index is 11.4. The fourth-order valence-electron chi connectivity index (χ4n) is 2.48. The van der Waals surface area contributed by atoms with Gasteiger partial charge in [-0.15, -0.1) is 0 Å². The van der Waals surface area contributed by atoms with E-state index in [0.717, 1.165) is 17.6 Å². The Morgan fingerprint density at radius 2 is 1.69 bits per heavy atom. The number of carbonyl (C=O) groups is 1. The first-order valence-corrected chi connectivity index (χ1v) is 12.3. The Balaban J connectivity index is 2.71. The molecule has 0 unspecified atom stereocenters. The van der Waals surface area contributed by atoms with Crippen LogP contribution in [-0.4, -0.2) is 34.4 Å². The van der Waals surface area contributed by atoms with Gasteiger partial charge in [0.1, 0.15) is 12.0 Å². The molecule has 0 saturated heterocycles. The molecule has 26 heavy (non-hydrogen) atoms. The molecule has 0 spiro atoms. The zero-order valence-corrected chi connectivity index (χ0v) is 18.7. The minimum atomic E-state index is -1.81. The second-order valence-electron chi connectivity index (χ2n) is 8.67. The maximum atomic E-state index is 11.4. The highest BCUT2D eigenvalue weighted by Gasteiger charge is 2.38. The Hall–Kier alpha value is -1.17. The molecular formula is C21H36O4Si. The average Bonchev–Trinajstić information content (AvgIpc) is 2.59. The Morgan fingerprint density at radius 3 is 2.15 bits per heavy atom. The lowest BCUT2D eigenvalue weighted by molar-refractivity contribution is -0.118. The fraction of sp³-hybridized carbons (Fsp3) is 0.667. The Labute approximate surface area is 160 Å². The summed E-state index contributed by atoms with van der Waals surface area (Å²) in [6, 6.07) is 7.80. The van der Waals surface area contributed by atoms with Gasteiger partial charge in [0.25, 0.3) is 0 Å². The lowest BCUT2D eigenvalue weighted by Crippen LogP contribution is -2.43. The molecule has 4 nitrogen and oxygen atoms in total. The number of aldehydes is 1. The van der Waals surface area contributed by atoms with Gasteiger partial charge in [0.05, 0.1) is 19.8 Å². The number of ether oxygens (including phenoxy) is 2. The van der Waals surface area contributed by atoms with E-state index in [0.29, 0.717) is 13.2 Å². The third-order valence-corrected chi connectivity index (χ3v) is 9.91. The lowest BCUT2D eigenvalue weighted by Gasteiger charge is -2.38. The third kappa shape index (κ3) is 6.52. The van der Waals surface area contributed by atoms with Crippen molar-refractivity contribution in [3.05, 3.63) is 29.8 Å². The van der Waals surface area contributed by atoms with E-state index in [1.807, 2.05) is 31.2 Å². The third-order valence-electron chi connectivity index (χ3n) is 5.41. The van der Waals surface area contributed by atoms with Crippen molar-refractivity contribution in [2.75, 3.05) is 13.7 Å². The van der Waals surface area contributed by atoms with Crippen molar-refractivity contribution in [3.63, 3.8) is 0 Å². The van der Waals surface area contributed by atoms with Gasteiger partial charge in [-0.2, -0.15) is 0 Å². The molecule has 0 N–H and O–H groups in total. The van der Waals surface area contributed by atoms with E-state index in [1.54, 1.807) is 7.11 Å². The van der Waals surface area contributed by atoms with E-state index in [-0.39, 0.29) is 23.0 Å². The van der Waals surface area contributed by atoms with E-state index in [9.17, 15) is 4.79 Å². The molecule has 0 fully saturated rings. The molecule has 0 aliphatic heterocycles. The zero-order chi connectivity index (χ0) is 20.0. The van der Waals surface area contributed by atoms with Gasteiger partial charge in [-0.05, 0) is 35.8 Å². The topological polar surface area (TPSA) is 44.8 Å². The van der Waals surface area contributed by atoms with Crippen LogP contribution in [0, 0.1) is 11.8 Å². The first-order valence-electron chi connectivity index (χ1n) is 9.35. The summed E-state index contributed by atoms with van der Waals surface area (Å²) in [4.78, 5) is 11.4. The molecule has 0 aliphatic rings. The summed E-state index contributed by atoms with van der Waals surface area (Å²) in [7, 11) is -0.164. The van der Waals surface area contributed by atoms with Gasteiger partial charge in [0.2, 0.25) is 0 Å². The standard InChI is InChI=1S/C21H36O4Si/c1-16(13-22)20(17(2)14-25-26(7,8)21(3,4)5)24-15-18-9-11-19(23-6)12-10-18/h9-13,16-17,20H,14-15H2,1-8H3/t16-,17+,20-/m1/s1. The zero-order valence-electron chi connectivity index (χ0n) is 17.7. The number of methoxy groups -OCH3 is 1. The predicted octanol–water partition coefficient (Wildman–Crippen LogP) is 5.07. The van der Waals surface area contributed by atoms with E-state index < -0.39 is 8.32 Å². The van der Waals surface area contributed by atoms with Crippen LogP contribution >= 0.6 is 0 Å². The molecule has 1 aromatic carbocycles. The minimum Gasteiger partial charge on any atom is -0.497 e. The summed E-state index contributed by atoms with van der Waals surface area (Å²) < 4.78 is 17.7. The first-order chi connectivity index (χ1) is 12.0. The summed E-state index contributed by atoms with van der Waals surface area (Å²) in [5.74, 6) is 0.788. The van der Waals surface area contributed by atoms with Crippen LogP contribution in [-0.2, 0) is 20.6 Å². The van der Waals surface area contributed by atoms with Crippen LogP contribution in [0.5, 0.6) is 5.75 Å². The van der Waals surface area contributed by atoms with Gasteiger partial charge >= 0.3 is 0 Å². The molecule has 0 amide bonds. The van der Waals surface area contributed by atoms with Gasteiger partial charge < -0.3 is 18.7 Å². The van der Waals surface area contributed by atoms with Crippen molar-refractivity contribution in [1.82, 2.24) is 0 Å². The van der Waals surface area contributed by atoms with E-state index in [1.165, 1.54) is 0 Å². The van der Waals surface area contributed by atoms with E-state index in [2.05, 4.69) is 40.8 Å². The molecule has 0 radical (unpaired) electrons. The normalized spacial score (nSPS) is 16.0. The van der Waals surface area contributed by atoms with Crippen molar-refractivity contribution < 1.29 is 18.7 Å². The summed E-state index contributed by atoms with van der Waals surface area (Å²) in [6.07, 6.45) is 0.806. The highest BCUT2D eigenvalue weighted by Crippen LogP contribution is 2.37. The summed E-state index contributed by atoms with van der Waals surface area (Å²) >= 11 is 0. The van der Waals surface area contributed by atoms with Crippen molar-refractivity contribution >= 4 is 14.6 Å². The highest BCUT2D eigenvalue weighted by molar-refractivity contribution is 6.74. The molecule has 5 heteroatoms. The van der Waals surface area contributed by atoms with Gasteiger partial charge in [-0.1, -0.05) is 46.8 Å².